The Balaban J connectivity index is 2.11. The highest BCUT2D eigenvalue weighted by atomic mass is 19.1. The Morgan fingerprint density at radius 2 is 2.38 bits per heavy atom. The smallest absolute Gasteiger partial charge is 0.215 e. The third kappa shape index (κ3) is 1.41. The van der Waals surface area contributed by atoms with E-state index in [4.69, 9.17) is 4.42 Å². The minimum Gasteiger partial charge on any atom is -0.439 e. The Hall–Kier alpha value is -1.42. The summed E-state index contributed by atoms with van der Waals surface area (Å²) in [6.07, 6.45) is 2.12. The van der Waals surface area contributed by atoms with E-state index < -0.39 is 0 Å². The van der Waals surface area contributed by atoms with Gasteiger partial charge in [0.15, 0.2) is 5.58 Å². The van der Waals surface area contributed by atoms with Crippen LogP contribution in [-0.2, 0) is 5.54 Å². The first-order chi connectivity index (χ1) is 7.67. The van der Waals surface area contributed by atoms with Gasteiger partial charge in [0, 0.05) is 6.07 Å². The van der Waals surface area contributed by atoms with Gasteiger partial charge in [-0.2, -0.15) is 0 Å². The highest BCUT2D eigenvalue weighted by molar-refractivity contribution is 5.72. The fraction of sp³-hybridized carbons (Fsp3) is 0.417. The second-order valence-corrected chi connectivity index (χ2v) is 4.49. The number of nitrogens with one attached hydrogen (secondary N) is 1. The molecule has 1 atom stereocenters. The molecule has 0 amide bonds. The van der Waals surface area contributed by atoms with Crippen molar-refractivity contribution in [1.29, 1.82) is 0 Å². The van der Waals surface area contributed by atoms with Gasteiger partial charge in [0.2, 0.25) is 5.89 Å². The lowest BCUT2D eigenvalue weighted by atomic mass is 10.0. The SMILES string of the molecule is CC1(c2nc3cc(F)ccc3o2)CCCN1. The summed E-state index contributed by atoms with van der Waals surface area (Å²) in [4.78, 5) is 4.36. The normalized spacial score (nSPS) is 25.4. The molecular formula is C12H13FN2O. The Bertz CT molecular complexity index is 529. The number of hydrogen-bond donors (Lipinski definition) is 1. The number of aromatic nitrogens is 1. The summed E-state index contributed by atoms with van der Waals surface area (Å²) in [7, 11) is 0. The minimum absolute atomic E-state index is 0.199. The molecule has 16 heavy (non-hydrogen) atoms. The van der Waals surface area contributed by atoms with Gasteiger partial charge in [0.05, 0.1) is 5.54 Å². The van der Waals surface area contributed by atoms with Crippen molar-refractivity contribution < 1.29 is 8.81 Å². The Morgan fingerprint density at radius 3 is 3.12 bits per heavy atom. The van der Waals surface area contributed by atoms with Gasteiger partial charge in [-0.1, -0.05) is 0 Å². The van der Waals surface area contributed by atoms with Gasteiger partial charge >= 0.3 is 0 Å². The van der Waals surface area contributed by atoms with Crippen LogP contribution in [0.1, 0.15) is 25.7 Å². The molecule has 2 aromatic rings. The largest absolute Gasteiger partial charge is 0.439 e. The van der Waals surface area contributed by atoms with Crippen LogP contribution in [0.25, 0.3) is 11.1 Å². The zero-order chi connectivity index (χ0) is 11.2. The fourth-order valence-electron chi connectivity index (χ4n) is 2.21. The second-order valence-electron chi connectivity index (χ2n) is 4.49. The summed E-state index contributed by atoms with van der Waals surface area (Å²) in [5.74, 6) is 0.377. The molecule has 0 saturated carbocycles. The highest BCUT2D eigenvalue weighted by Gasteiger charge is 2.34. The van der Waals surface area contributed by atoms with Crippen molar-refractivity contribution in [2.45, 2.75) is 25.3 Å². The van der Waals surface area contributed by atoms with Gasteiger partial charge in [-0.05, 0) is 38.4 Å². The molecule has 0 bridgehead atoms. The number of fused-ring (bicyclic) bond motifs is 1. The van der Waals surface area contributed by atoms with Crippen molar-refractivity contribution in [2.75, 3.05) is 6.54 Å². The Labute approximate surface area is 92.7 Å². The van der Waals surface area contributed by atoms with E-state index in [0.717, 1.165) is 19.4 Å². The molecule has 2 heterocycles. The van der Waals surface area contributed by atoms with Crippen molar-refractivity contribution in [3.63, 3.8) is 0 Å². The molecule has 3 nitrogen and oxygen atoms in total. The van der Waals surface area contributed by atoms with E-state index in [9.17, 15) is 4.39 Å². The predicted octanol–water partition coefficient (Wildman–Crippen LogP) is 2.57. The Morgan fingerprint density at radius 1 is 1.50 bits per heavy atom. The van der Waals surface area contributed by atoms with Gasteiger partial charge in [-0.25, -0.2) is 9.37 Å². The van der Waals surface area contributed by atoms with E-state index in [1.165, 1.54) is 12.1 Å². The quantitative estimate of drug-likeness (QED) is 0.802. The minimum atomic E-state index is -0.281. The van der Waals surface area contributed by atoms with E-state index in [1.807, 2.05) is 0 Å². The molecule has 3 rings (SSSR count). The van der Waals surface area contributed by atoms with Crippen molar-refractivity contribution in [3.05, 3.63) is 29.9 Å². The van der Waals surface area contributed by atoms with Gasteiger partial charge in [-0.3, -0.25) is 0 Å². The maximum Gasteiger partial charge on any atom is 0.215 e. The Kier molecular flexibility index (Phi) is 2.01. The summed E-state index contributed by atoms with van der Waals surface area (Å²) in [6, 6.07) is 4.42. The molecule has 1 saturated heterocycles. The van der Waals surface area contributed by atoms with Crippen molar-refractivity contribution in [1.82, 2.24) is 10.3 Å². The molecule has 1 aromatic carbocycles. The lowest BCUT2D eigenvalue weighted by molar-refractivity contribution is 0.330. The van der Waals surface area contributed by atoms with Gasteiger partial charge < -0.3 is 9.73 Å². The van der Waals surface area contributed by atoms with E-state index in [1.54, 1.807) is 6.07 Å². The highest BCUT2D eigenvalue weighted by Crippen LogP contribution is 2.31. The van der Waals surface area contributed by atoms with Crippen LogP contribution in [0.3, 0.4) is 0 Å². The van der Waals surface area contributed by atoms with Gasteiger partial charge in [0.1, 0.15) is 11.3 Å². The summed E-state index contributed by atoms with van der Waals surface area (Å²) >= 11 is 0. The van der Waals surface area contributed by atoms with Crippen molar-refractivity contribution in [3.8, 4) is 0 Å². The van der Waals surface area contributed by atoms with Crippen LogP contribution in [0.5, 0.6) is 0 Å². The number of oxazole rings is 1. The van der Waals surface area contributed by atoms with E-state index in [-0.39, 0.29) is 11.4 Å². The number of benzene rings is 1. The molecule has 1 fully saturated rings. The van der Waals surface area contributed by atoms with E-state index >= 15 is 0 Å². The van der Waals surface area contributed by atoms with E-state index in [2.05, 4.69) is 17.2 Å². The van der Waals surface area contributed by atoms with Crippen LogP contribution >= 0.6 is 0 Å². The molecule has 0 aliphatic carbocycles. The number of halogens is 1. The van der Waals surface area contributed by atoms with Gasteiger partial charge in [-0.15, -0.1) is 0 Å². The number of hydrogen-bond acceptors (Lipinski definition) is 3. The summed E-state index contributed by atoms with van der Waals surface area (Å²) in [6.45, 7) is 3.05. The molecule has 1 unspecified atom stereocenters. The van der Waals surface area contributed by atoms with E-state index in [0.29, 0.717) is 17.0 Å². The topological polar surface area (TPSA) is 38.1 Å². The molecule has 1 aliphatic heterocycles. The zero-order valence-corrected chi connectivity index (χ0v) is 9.09. The van der Waals surface area contributed by atoms with Crippen LogP contribution in [0.2, 0.25) is 0 Å². The third-order valence-electron chi connectivity index (χ3n) is 3.19. The third-order valence-corrected chi connectivity index (χ3v) is 3.19. The summed E-state index contributed by atoms with van der Waals surface area (Å²) < 4.78 is 18.7. The van der Waals surface area contributed by atoms with Crippen LogP contribution in [0.4, 0.5) is 4.39 Å². The van der Waals surface area contributed by atoms with Crippen molar-refractivity contribution >= 4 is 11.1 Å². The zero-order valence-electron chi connectivity index (χ0n) is 9.09. The number of nitrogens with zero attached hydrogens (tertiary/aromatic N) is 1. The first kappa shape index (κ1) is 9.78. The molecule has 1 aromatic heterocycles. The maximum absolute atomic E-state index is 13.0. The molecule has 0 radical (unpaired) electrons. The van der Waals surface area contributed by atoms with Crippen LogP contribution in [0.15, 0.2) is 22.6 Å². The van der Waals surface area contributed by atoms with Crippen molar-refractivity contribution in [2.24, 2.45) is 0 Å². The van der Waals surface area contributed by atoms with Crippen LogP contribution in [0, 0.1) is 5.82 Å². The maximum atomic E-state index is 13.0. The summed E-state index contributed by atoms with van der Waals surface area (Å²) in [5.41, 5.74) is 1.03. The molecule has 0 spiro atoms. The lowest BCUT2D eigenvalue weighted by Crippen LogP contribution is -2.33. The summed E-state index contributed by atoms with van der Waals surface area (Å²) in [5, 5.41) is 3.37. The average molecular weight is 220 g/mol. The second kappa shape index (κ2) is 3.28. The molecule has 1 aliphatic rings. The molecule has 1 N–H and O–H groups in total. The fourth-order valence-corrected chi connectivity index (χ4v) is 2.21. The predicted molar refractivity (Wildman–Crippen MR) is 58.6 cm³/mol. The molecular weight excluding hydrogens is 207 g/mol. The lowest BCUT2D eigenvalue weighted by Gasteiger charge is -2.19. The molecule has 84 valence electrons. The average Bonchev–Trinajstić information content (AvgIpc) is 2.84. The van der Waals surface area contributed by atoms with Gasteiger partial charge in [0.25, 0.3) is 0 Å². The number of rotatable bonds is 1. The first-order valence-electron chi connectivity index (χ1n) is 5.49. The molecule has 4 heteroatoms. The van der Waals surface area contributed by atoms with Crippen LogP contribution in [-0.4, -0.2) is 11.5 Å². The standard InChI is InChI=1S/C12H13FN2O/c1-12(5-2-6-14-12)11-15-9-7-8(13)3-4-10(9)16-11/h3-4,7,14H,2,5-6H2,1H3. The monoisotopic (exact) mass is 220 g/mol. The first-order valence-corrected chi connectivity index (χ1v) is 5.49. The van der Waals surface area contributed by atoms with Crippen LogP contribution < -0.4 is 5.32 Å².